The Balaban J connectivity index is 1.46. The van der Waals surface area contributed by atoms with Crippen LogP contribution in [0.4, 0.5) is 0 Å². The summed E-state index contributed by atoms with van der Waals surface area (Å²) in [7, 11) is 0. The lowest BCUT2D eigenvalue weighted by Gasteiger charge is -2.49. The maximum Gasteiger partial charge on any atom is 0.310 e. The van der Waals surface area contributed by atoms with Gasteiger partial charge in [0, 0.05) is 17.8 Å². The van der Waals surface area contributed by atoms with Gasteiger partial charge in [-0.15, -0.1) is 0 Å². The first-order valence-electron chi connectivity index (χ1n) is 12.2. The number of ether oxygens (including phenoxy) is 1. The molecule has 0 aliphatic heterocycles. The minimum absolute atomic E-state index is 0.180. The summed E-state index contributed by atoms with van der Waals surface area (Å²) in [4.78, 5) is 26.2. The number of esters is 1. The van der Waals surface area contributed by atoms with Crippen molar-refractivity contribution in [3.8, 4) is 0 Å². The van der Waals surface area contributed by atoms with Gasteiger partial charge in [0.05, 0.1) is 11.8 Å². The Hall–Kier alpha value is -3.40. The highest BCUT2D eigenvalue weighted by Crippen LogP contribution is 2.58. The van der Waals surface area contributed by atoms with E-state index in [2.05, 4.69) is 12.1 Å². The minimum Gasteiger partial charge on any atom is -0.481 e. The zero-order valence-corrected chi connectivity index (χ0v) is 19.1. The molecule has 2 saturated carbocycles. The van der Waals surface area contributed by atoms with E-state index in [4.69, 9.17) is 4.74 Å². The van der Waals surface area contributed by atoms with E-state index in [9.17, 15) is 14.7 Å². The number of carbonyl (C=O) groups excluding carboxylic acids is 1. The van der Waals surface area contributed by atoms with Crippen molar-refractivity contribution in [2.24, 2.45) is 11.8 Å². The van der Waals surface area contributed by atoms with Gasteiger partial charge in [0.2, 0.25) is 0 Å². The van der Waals surface area contributed by atoms with Crippen LogP contribution in [0.3, 0.4) is 0 Å². The summed E-state index contributed by atoms with van der Waals surface area (Å²) in [6.07, 6.45) is 3.81. The van der Waals surface area contributed by atoms with Gasteiger partial charge in [-0.2, -0.15) is 0 Å². The second-order valence-corrected chi connectivity index (χ2v) is 9.54. The first kappa shape index (κ1) is 22.4. The number of rotatable bonds is 6. The smallest absolute Gasteiger partial charge is 0.310 e. The molecule has 0 bridgehead atoms. The van der Waals surface area contributed by atoms with Gasteiger partial charge < -0.3 is 9.84 Å². The molecule has 0 radical (unpaired) electrons. The van der Waals surface area contributed by atoms with Crippen molar-refractivity contribution < 1.29 is 19.4 Å². The summed E-state index contributed by atoms with van der Waals surface area (Å²) >= 11 is 0. The Morgan fingerprint density at radius 1 is 0.647 bits per heavy atom. The third-order valence-electron chi connectivity index (χ3n) is 7.67. The summed E-state index contributed by atoms with van der Waals surface area (Å²) in [5, 5.41) is 10.2. The lowest BCUT2D eigenvalue weighted by atomic mass is 9.52. The molecule has 0 amide bonds. The van der Waals surface area contributed by atoms with E-state index in [1.54, 1.807) is 0 Å². The maximum absolute atomic E-state index is 13.8. The highest BCUT2D eigenvalue weighted by atomic mass is 16.5. The van der Waals surface area contributed by atoms with Crippen LogP contribution in [0.5, 0.6) is 0 Å². The lowest BCUT2D eigenvalue weighted by molar-refractivity contribution is -0.170. The van der Waals surface area contributed by atoms with Gasteiger partial charge in [-0.25, -0.2) is 0 Å². The van der Waals surface area contributed by atoms with Crippen LogP contribution >= 0.6 is 0 Å². The lowest BCUT2D eigenvalue weighted by Crippen LogP contribution is -2.52. The first-order valence-corrected chi connectivity index (χ1v) is 12.2. The quantitative estimate of drug-likeness (QED) is 0.454. The summed E-state index contributed by atoms with van der Waals surface area (Å²) < 4.78 is 6.26. The molecule has 0 aromatic heterocycles. The predicted molar refractivity (Wildman–Crippen MR) is 131 cm³/mol. The van der Waals surface area contributed by atoms with Gasteiger partial charge in [-0.3, -0.25) is 9.59 Å². The fourth-order valence-electron chi connectivity index (χ4n) is 6.08. The van der Waals surface area contributed by atoms with Crippen LogP contribution in [0.25, 0.3) is 0 Å². The second kappa shape index (κ2) is 9.84. The fraction of sp³-hybridized carbons (Fsp3) is 0.333. The number of benzene rings is 3. The average molecular weight is 455 g/mol. The maximum atomic E-state index is 13.8. The largest absolute Gasteiger partial charge is 0.481 e. The fourth-order valence-corrected chi connectivity index (χ4v) is 6.08. The molecule has 2 aliphatic rings. The third-order valence-corrected chi connectivity index (χ3v) is 7.67. The van der Waals surface area contributed by atoms with Gasteiger partial charge in [0.15, 0.2) is 0 Å². The minimum atomic E-state index is -0.869. The Morgan fingerprint density at radius 2 is 1.12 bits per heavy atom. The third kappa shape index (κ3) is 4.25. The van der Waals surface area contributed by atoms with Crippen LogP contribution < -0.4 is 0 Å². The Bertz CT molecular complexity index is 1060. The molecule has 3 aromatic rings. The first-order chi connectivity index (χ1) is 16.6. The number of hydrogen-bond donors (Lipinski definition) is 1. The van der Waals surface area contributed by atoms with Crippen molar-refractivity contribution in [3.63, 3.8) is 0 Å². The molecule has 0 heterocycles. The molecule has 0 spiro atoms. The van der Waals surface area contributed by atoms with Gasteiger partial charge in [-0.1, -0.05) is 97.4 Å². The molecule has 34 heavy (non-hydrogen) atoms. The van der Waals surface area contributed by atoms with Crippen molar-refractivity contribution in [1.82, 2.24) is 0 Å². The van der Waals surface area contributed by atoms with Gasteiger partial charge >= 0.3 is 11.9 Å². The van der Waals surface area contributed by atoms with Gasteiger partial charge in [-0.05, 0) is 36.0 Å². The molecule has 5 rings (SSSR count). The molecule has 2 fully saturated rings. The van der Waals surface area contributed by atoms with E-state index in [0.717, 1.165) is 36.8 Å². The van der Waals surface area contributed by atoms with Crippen LogP contribution in [0.15, 0.2) is 91.0 Å². The standard InChI is InChI=1S/C30H30O4/c31-29(32)27-25(21-14-6-2-7-15-21)28(26(27)22-16-8-3-9-17-22)30(33)34-24-19-11-10-18-23(24)20-12-4-1-5-13-20/h1-9,12-17,23-28H,10-11,18-19H2,(H,31,32)/t23-,24+,25+,26+,27-,28-/m0/s1. The molecule has 1 N–H and O–H groups in total. The number of carboxylic acids is 1. The molecule has 2 aliphatic carbocycles. The molecule has 0 unspecified atom stereocenters. The monoisotopic (exact) mass is 454 g/mol. The summed E-state index contributed by atoms with van der Waals surface area (Å²) in [6, 6.07) is 29.4. The summed E-state index contributed by atoms with van der Waals surface area (Å²) in [6.45, 7) is 0. The average Bonchev–Trinajstić information content (AvgIpc) is 2.85. The van der Waals surface area contributed by atoms with E-state index in [0.29, 0.717) is 0 Å². The van der Waals surface area contributed by atoms with Gasteiger partial charge in [0.1, 0.15) is 6.10 Å². The van der Waals surface area contributed by atoms with E-state index in [1.807, 2.05) is 78.9 Å². The number of carboxylic acid groups (broad SMARTS) is 1. The summed E-state index contributed by atoms with van der Waals surface area (Å²) in [5.41, 5.74) is 2.97. The zero-order chi connectivity index (χ0) is 23.5. The van der Waals surface area contributed by atoms with Crippen molar-refractivity contribution in [3.05, 3.63) is 108 Å². The molecule has 0 saturated heterocycles. The molecule has 3 aromatic carbocycles. The molecule has 174 valence electrons. The van der Waals surface area contributed by atoms with Crippen molar-refractivity contribution in [1.29, 1.82) is 0 Å². The molecule has 4 nitrogen and oxygen atoms in total. The van der Waals surface area contributed by atoms with Crippen LogP contribution in [-0.4, -0.2) is 23.1 Å². The van der Waals surface area contributed by atoms with Crippen LogP contribution in [0.2, 0.25) is 0 Å². The van der Waals surface area contributed by atoms with E-state index in [-0.39, 0.29) is 18.0 Å². The molecule has 4 heteroatoms. The SMILES string of the molecule is O=C(O)[C@H]1[C@@H](c2ccccc2)[C@H](C(=O)O[C@@H]2CCCC[C@H]2c2ccccc2)[C@@H]1c1ccccc1. The molecular formula is C30H30O4. The normalized spacial score (nSPS) is 28.5. The molecular weight excluding hydrogens is 424 g/mol. The molecule has 4 atom stereocenters. The van der Waals surface area contributed by atoms with Crippen LogP contribution in [0, 0.1) is 11.8 Å². The predicted octanol–water partition coefficient (Wildman–Crippen LogP) is 6.15. The second-order valence-electron chi connectivity index (χ2n) is 9.54. The van der Waals surface area contributed by atoms with E-state index >= 15 is 0 Å². The Morgan fingerprint density at radius 3 is 1.62 bits per heavy atom. The van der Waals surface area contributed by atoms with Crippen LogP contribution in [-0.2, 0) is 14.3 Å². The number of carbonyl (C=O) groups is 2. The Labute approximate surface area is 200 Å². The van der Waals surface area contributed by atoms with Crippen molar-refractivity contribution >= 4 is 11.9 Å². The van der Waals surface area contributed by atoms with Crippen molar-refractivity contribution in [2.75, 3.05) is 0 Å². The van der Waals surface area contributed by atoms with E-state index < -0.39 is 29.6 Å². The number of hydrogen-bond acceptors (Lipinski definition) is 3. The highest BCUT2D eigenvalue weighted by Gasteiger charge is 2.59. The topological polar surface area (TPSA) is 63.6 Å². The van der Waals surface area contributed by atoms with E-state index in [1.165, 1.54) is 5.56 Å². The Kier molecular flexibility index (Phi) is 6.48. The zero-order valence-electron chi connectivity index (χ0n) is 19.1. The van der Waals surface area contributed by atoms with Crippen LogP contribution in [0.1, 0.15) is 60.1 Å². The van der Waals surface area contributed by atoms with Gasteiger partial charge in [0.25, 0.3) is 0 Å². The summed E-state index contributed by atoms with van der Waals surface area (Å²) in [5.74, 6) is -2.97. The number of aliphatic carboxylic acids is 1. The highest BCUT2D eigenvalue weighted by molar-refractivity contribution is 5.84. The van der Waals surface area contributed by atoms with Crippen molar-refractivity contribution in [2.45, 2.75) is 49.5 Å².